The van der Waals surface area contributed by atoms with E-state index in [9.17, 15) is 18.0 Å². The minimum Gasteiger partial charge on any atom is -0.495 e. The second-order valence-electron chi connectivity index (χ2n) is 10.1. The summed E-state index contributed by atoms with van der Waals surface area (Å²) >= 11 is 19.3. The number of nitrogens with zero attached hydrogens (tertiary/aromatic N) is 2. The van der Waals surface area contributed by atoms with Gasteiger partial charge in [0.15, 0.2) is 0 Å². The molecule has 0 heterocycles. The Morgan fingerprint density at radius 2 is 1.58 bits per heavy atom. The summed E-state index contributed by atoms with van der Waals surface area (Å²) in [7, 11) is -2.93. The quantitative estimate of drug-likeness (QED) is 0.214. The number of sulfonamides is 1. The summed E-state index contributed by atoms with van der Waals surface area (Å²) in [6.07, 6.45) is 0.935. The van der Waals surface area contributed by atoms with Gasteiger partial charge in [-0.2, -0.15) is 0 Å². The van der Waals surface area contributed by atoms with Crippen molar-refractivity contribution in [2.75, 3.05) is 18.0 Å². The molecule has 232 valence electrons. The number of rotatable bonds is 13. The molecular formula is C31H36Cl3N3O5S. The number of carbonyl (C=O) groups is 2. The number of halogens is 3. The molecule has 0 aromatic heterocycles. The maximum atomic E-state index is 14.3. The van der Waals surface area contributed by atoms with E-state index >= 15 is 0 Å². The Labute approximate surface area is 268 Å². The molecule has 3 aromatic carbocycles. The molecule has 12 heteroatoms. The highest BCUT2D eigenvalue weighted by Crippen LogP contribution is 2.35. The lowest BCUT2D eigenvalue weighted by atomic mass is 10.1. The Morgan fingerprint density at radius 3 is 2.14 bits per heavy atom. The van der Waals surface area contributed by atoms with E-state index in [1.165, 1.54) is 36.3 Å². The maximum Gasteiger partial charge on any atom is 0.264 e. The van der Waals surface area contributed by atoms with Crippen LogP contribution in [0.3, 0.4) is 0 Å². The summed E-state index contributed by atoms with van der Waals surface area (Å²) in [6.45, 7) is 6.62. The van der Waals surface area contributed by atoms with Crippen LogP contribution in [0.15, 0.2) is 65.6 Å². The number of hydrogen-bond donors (Lipinski definition) is 1. The smallest absolute Gasteiger partial charge is 0.264 e. The molecular weight excluding hydrogens is 633 g/mol. The van der Waals surface area contributed by atoms with Crippen LogP contribution in [0, 0.1) is 6.92 Å². The van der Waals surface area contributed by atoms with Crippen LogP contribution < -0.4 is 14.4 Å². The van der Waals surface area contributed by atoms with Crippen LogP contribution in [0.2, 0.25) is 15.1 Å². The van der Waals surface area contributed by atoms with Crippen molar-refractivity contribution >= 4 is 62.3 Å². The molecule has 0 unspecified atom stereocenters. The number of methoxy groups -OCH3 is 1. The van der Waals surface area contributed by atoms with Crippen LogP contribution in [0.1, 0.15) is 44.7 Å². The molecule has 0 spiro atoms. The summed E-state index contributed by atoms with van der Waals surface area (Å²) in [5.41, 5.74) is 1.36. The number of benzene rings is 3. The van der Waals surface area contributed by atoms with Gasteiger partial charge >= 0.3 is 0 Å². The molecule has 0 saturated carbocycles. The third-order valence-electron chi connectivity index (χ3n) is 7.07. The summed E-state index contributed by atoms with van der Waals surface area (Å²) in [6, 6.07) is 14.6. The Kier molecular flexibility index (Phi) is 12.2. The largest absolute Gasteiger partial charge is 0.495 e. The van der Waals surface area contributed by atoms with Crippen LogP contribution in [0.5, 0.6) is 5.75 Å². The third kappa shape index (κ3) is 8.35. The van der Waals surface area contributed by atoms with E-state index in [4.69, 9.17) is 39.5 Å². The van der Waals surface area contributed by atoms with Crippen molar-refractivity contribution in [1.29, 1.82) is 0 Å². The number of aryl methyl sites for hydroxylation is 1. The van der Waals surface area contributed by atoms with Gasteiger partial charge < -0.3 is 15.0 Å². The highest BCUT2D eigenvalue weighted by Gasteiger charge is 2.35. The highest BCUT2D eigenvalue weighted by atomic mass is 35.5. The van der Waals surface area contributed by atoms with Gasteiger partial charge in [-0.05, 0) is 69.2 Å². The van der Waals surface area contributed by atoms with Crippen LogP contribution in [-0.2, 0) is 26.2 Å². The van der Waals surface area contributed by atoms with Gasteiger partial charge in [-0.1, -0.05) is 72.4 Å². The summed E-state index contributed by atoms with van der Waals surface area (Å²) in [5.74, 6) is -0.836. The van der Waals surface area contributed by atoms with Gasteiger partial charge in [0.1, 0.15) is 18.3 Å². The first-order valence-corrected chi connectivity index (χ1v) is 16.4. The van der Waals surface area contributed by atoms with E-state index in [2.05, 4.69) is 5.32 Å². The average molecular weight is 669 g/mol. The number of hydrogen-bond acceptors (Lipinski definition) is 5. The molecule has 0 aliphatic heterocycles. The molecule has 0 aliphatic carbocycles. The second-order valence-corrected chi connectivity index (χ2v) is 13.2. The standard InChI is InChI=1S/C31H36Cl3N3O5S/c1-6-21(4)35-31(39)27(7-2)36(18-24-25(33)9-8-10-26(24)34)30(38)19-37(28-17-22(32)13-16-29(28)42-5)43(40,41)23-14-11-20(3)12-15-23/h8-17,21,27H,6-7,18-19H2,1-5H3,(H,35,39)/t21-,27+/m1/s1. The van der Waals surface area contributed by atoms with Crippen molar-refractivity contribution in [3.8, 4) is 5.75 Å². The fraction of sp³-hybridized carbons (Fsp3) is 0.355. The van der Waals surface area contributed by atoms with Crippen molar-refractivity contribution in [2.24, 2.45) is 0 Å². The minimum atomic E-state index is -4.32. The van der Waals surface area contributed by atoms with Crippen molar-refractivity contribution in [2.45, 2.75) is 64.1 Å². The first-order chi connectivity index (χ1) is 20.3. The normalized spacial score (nSPS) is 12.7. The monoisotopic (exact) mass is 667 g/mol. The Hall–Kier alpha value is -2.98. The zero-order valence-electron chi connectivity index (χ0n) is 24.7. The van der Waals surface area contributed by atoms with Crippen LogP contribution in [-0.4, -0.2) is 50.9 Å². The minimum absolute atomic E-state index is 0.0322. The summed E-state index contributed by atoms with van der Waals surface area (Å²) < 4.78 is 34.7. The number of anilines is 1. The number of ether oxygens (including phenoxy) is 1. The molecule has 0 fully saturated rings. The van der Waals surface area contributed by atoms with Gasteiger partial charge in [0, 0.05) is 33.2 Å². The Morgan fingerprint density at radius 1 is 0.953 bits per heavy atom. The van der Waals surface area contributed by atoms with Crippen molar-refractivity contribution in [3.63, 3.8) is 0 Å². The molecule has 0 radical (unpaired) electrons. The highest BCUT2D eigenvalue weighted by molar-refractivity contribution is 7.92. The van der Waals surface area contributed by atoms with Gasteiger partial charge in [-0.15, -0.1) is 0 Å². The first kappa shape index (κ1) is 34.5. The zero-order chi connectivity index (χ0) is 31.9. The molecule has 0 saturated heterocycles. The van der Waals surface area contributed by atoms with Crippen molar-refractivity contribution < 1.29 is 22.7 Å². The number of nitrogens with one attached hydrogen (secondary N) is 1. The lowest BCUT2D eigenvalue weighted by Crippen LogP contribution is -2.53. The topological polar surface area (TPSA) is 96.0 Å². The summed E-state index contributed by atoms with van der Waals surface area (Å²) in [5, 5.41) is 3.79. The molecule has 43 heavy (non-hydrogen) atoms. The zero-order valence-corrected chi connectivity index (χ0v) is 27.8. The van der Waals surface area contributed by atoms with Gasteiger partial charge in [0.05, 0.1) is 17.7 Å². The molecule has 2 amide bonds. The molecule has 3 aromatic rings. The van der Waals surface area contributed by atoms with Crippen molar-refractivity contribution in [3.05, 3.63) is 86.9 Å². The molecule has 0 bridgehead atoms. The molecule has 3 rings (SSSR count). The predicted octanol–water partition coefficient (Wildman–Crippen LogP) is 6.88. The van der Waals surface area contributed by atoms with Crippen LogP contribution in [0.25, 0.3) is 0 Å². The van der Waals surface area contributed by atoms with Gasteiger partial charge in [0.2, 0.25) is 11.8 Å². The predicted molar refractivity (Wildman–Crippen MR) is 173 cm³/mol. The van der Waals surface area contributed by atoms with E-state index in [-0.39, 0.29) is 46.3 Å². The fourth-order valence-electron chi connectivity index (χ4n) is 4.42. The molecule has 2 atom stereocenters. The first-order valence-electron chi connectivity index (χ1n) is 13.8. The van der Waals surface area contributed by atoms with Crippen LogP contribution in [0.4, 0.5) is 5.69 Å². The van der Waals surface area contributed by atoms with Crippen LogP contribution >= 0.6 is 34.8 Å². The third-order valence-corrected chi connectivity index (χ3v) is 9.79. The van der Waals surface area contributed by atoms with Gasteiger partial charge in [-0.25, -0.2) is 8.42 Å². The lowest BCUT2D eigenvalue weighted by molar-refractivity contribution is -0.140. The molecule has 8 nitrogen and oxygen atoms in total. The Balaban J connectivity index is 2.17. The second kappa shape index (κ2) is 15.1. The van der Waals surface area contributed by atoms with Crippen molar-refractivity contribution in [1.82, 2.24) is 10.2 Å². The molecule has 0 aliphatic rings. The Bertz CT molecular complexity index is 1530. The summed E-state index contributed by atoms with van der Waals surface area (Å²) in [4.78, 5) is 29.1. The van der Waals surface area contributed by atoms with E-state index in [0.717, 1.165) is 9.87 Å². The number of carbonyl (C=O) groups excluding carboxylic acids is 2. The maximum absolute atomic E-state index is 14.3. The molecule has 1 N–H and O–H groups in total. The SMILES string of the molecule is CC[C@@H](C)NC(=O)[C@H](CC)N(Cc1c(Cl)cccc1Cl)C(=O)CN(c1cc(Cl)ccc1OC)S(=O)(=O)c1ccc(C)cc1. The fourth-order valence-corrected chi connectivity index (χ4v) is 6.52. The van der Waals surface area contributed by atoms with E-state index in [1.807, 2.05) is 20.8 Å². The van der Waals surface area contributed by atoms with E-state index < -0.39 is 28.5 Å². The lowest BCUT2D eigenvalue weighted by Gasteiger charge is -2.34. The average Bonchev–Trinajstić information content (AvgIpc) is 2.97. The van der Waals surface area contributed by atoms with Gasteiger partial charge in [0.25, 0.3) is 10.0 Å². The number of amides is 2. The van der Waals surface area contributed by atoms with E-state index in [1.54, 1.807) is 43.3 Å². The van der Waals surface area contributed by atoms with Gasteiger partial charge in [-0.3, -0.25) is 13.9 Å². The van der Waals surface area contributed by atoms with E-state index in [0.29, 0.717) is 22.0 Å².